The van der Waals surface area contributed by atoms with Crippen LogP contribution in [0.25, 0.3) is 10.2 Å². The number of fused-ring (bicyclic) bond motifs is 1. The molecule has 2 aromatic heterocycles. The van der Waals surface area contributed by atoms with Crippen molar-refractivity contribution < 1.29 is 18.3 Å². The predicted octanol–water partition coefficient (Wildman–Crippen LogP) is 2.07. The number of halogens is 3. The minimum absolute atomic E-state index is 0.263. The van der Waals surface area contributed by atoms with E-state index in [0.717, 1.165) is 0 Å². The van der Waals surface area contributed by atoms with Crippen molar-refractivity contribution in [2.75, 3.05) is 24.2 Å². The van der Waals surface area contributed by atoms with Crippen LogP contribution in [0.4, 0.5) is 24.9 Å². The number of aliphatic hydroxyl groups excluding tert-OH is 1. The zero-order valence-corrected chi connectivity index (χ0v) is 10.6. The van der Waals surface area contributed by atoms with Crippen LogP contribution >= 0.6 is 11.3 Å². The second-order valence-electron chi connectivity index (χ2n) is 3.72. The predicted molar refractivity (Wildman–Crippen MR) is 67.5 cm³/mol. The first-order valence-electron chi connectivity index (χ1n) is 5.33. The molecule has 0 aliphatic carbocycles. The Morgan fingerprint density at radius 1 is 1.42 bits per heavy atom. The maximum Gasteiger partial charge on any atom is 0.416 e. The summed E-state index contributed by atoms with van der Waals surface area (Å²) in [6.07, 6.45) is -7.09. The molecule has 0 fully saturated rings. The van der Waals surface area contributed by atoms with Gasteiger partial charge in [-0.2, -0.15) is 18.2 Å². The molecule has 0 radical (unpaired) electrons. The zero-order chi connectivity index (χ0) is 14.0. The van der Waals surface area contributed by atoms with Crippen molar-refractivity contribution in [3.8, 4) is 0 Å². The van der Waals surface area contributed by atoms with E-state index >= 15 is 0 Å². The third-order valence-electron chi connectivity index (χ3n) is 2.39. The molecular weight excluding hydrogens is 281 g/mol. The molecular formula is C10H11F3N4OS. The molecule has 3 N–H and O–H groups in total. The van der Waals surface area contributed by atoms with Crippen LogP contribution in [0.1, 0.15) is 0 Å². The number of hydrogen-bond acceptors (Lipinski definition) is 6. The zero-order valence-electron chi connectivity index (χ0n) is 9.82. The number of alkyl halides is 3. The van der Waals surface area contributed by atoms with Crippen LogP contribution in [0.2, 0.25) is 0 Å². The minimum atomic E-state index is -4.65. The molecule has 0 amide bonds. The van der Waals surface area contributed by atoms with Crippen molar-refractivity contribution >= 4 is 33.3 Å². The van der Waals surface area contributed by atoms with Crippen LogP contribution in [0.15, 0.2) is 11.4 Å². The van der Waals surface area contributed by atoms with Gasteiger partial charge in [-0.15, -0.1) is 11.3 Å². The van der Waals surface area contributed by atoms with E-state index in [9.17, 15) is 13.2 Å². The van der Waals surface area contributed by atoms with Crippen molar-refractivity contribution in [3.63, 3.8) is 0 Å². The summed E-state index contributed by atoms with van der Waals surface area (Å²) in [5.74, 6) is 0.567. The normalized spacial score (nSPS) is 13.5. The van der Waals surface area contributed by atoms with Crippen LogP contribution < -0.4 is 10.6 Å². The quantitative estimate of drug-likeness (QED) is 0.805. The fourth-order valence-electron chi connectivity index (χ4n) is 1.41. The van der Waals surface area contributed by atoms with Gasteiger partial charge in [-0.3, -0.25) is 0 Å². The van der Waals surface area contributed by atoms with Gasteiger partial charge in [-0.25, -0.2) is 4.98 Å². The van der Waals surface area contributed by atoms with Gasteiger partial charge >= 0.3 is 6.18 Å². The van der Waals surface area contributed by atoms with E-state index in [1.807, 2.05) is 0 Å². The number of thiophene rings is 1. The lowest BCUT2D eigenvalue weighted by atomic mass is 10.3. The molecule has 5 nitrogen and oxygen atoms in total. The second kappa shape index (κ2) is 5.17. The van der Waals surface area contributed by atoms with E-state index in [4.69, 9.17) is 5.11 Å². The van der Waals surface area contributed by atoms with E-state index in [1.165, 1.54) is 11.3 Å². The summed E-state index contributed by atoms with van der Waals surface area (Å²) < 4.78 is 36.7. The Morgan fingerprint density at radius 3 is 2.79 bits per heavy atom. The van der Waals surface area contributed by atoms with Crippen molar-refractivity contribution in [3.05, 3.63) is 11.4 Å². The lowest BCUT2D eigenvalue weighted by Crippen LogP contribution is -2.35. The molecule has 0 saturated carbocycles. The maximum atomic E-state index is 12.2. The third-order valence-corrected chi connectivity index (χ3v) is 3.20. The molecule has 2 rings (SSSR count). The molecule has 0 aromatic carbocycles. The van der Waals surface area contributed by atoms with Crippen LogP contribution in [-0.2, 0) is 0 Å². The van der Waals surface area contributed by atoms with E-state index in [-0.39, 0.29) is 5.82 Å². The lowest BCUT2D eigenvalue weighted by molar-refractivity contribution is -0.198. The summed E-state index contributed by atoms with van der Waals surface area (Å²) in [5.41, 5.74) is 0. The number of hydrogen-bond donors (Lipinski definition) is 3. The van der Waals surface area contributed by atoms with Gasteiger partial charge in [0.2, 0.25) is 5.95 Å². The first kappa shape index (κ1) is 13.8. The largest absolute Gasteiger partial charge is 0.416 e. The summed E-state index contributed by atoms with van der Waals surface area (Å²) >= 11 is 1.35. The highest BCUT2D eigenvalue weighted by Crippen LogP contribution is 2.27. The van der Waals surface area contributed by atoms with E-state index in [0.29, 0.717) is 16.2 Å². The summed E-state index contributed by atoms with van der Waals surface area (Å²) in [6, 6.07) is 1.71. The third kappa shape index (κ3) is 3.04. The monoisotopic (exact) mass is 292 g/mol. The molecule has 104 valence electrons. The molecule has 2 aromatic rings. The molecule has 0 saturated heterocycles. The average Bonchev–Trinajstić information content (AvgIpc) is 2.82. The van der Waals surface area contributed by atoms with Crippen molar-refractivity contribution in [2.24, 2.45) is 0 Å². The van der Waals surface area contributed by atoms with E-state index in [2.05, 4.69) is 20.6 Å². The van der Waals surface area contributed by atoms with Crippen LogP contribution in [0.3, 0.4) is 0 Å². The first-order valence-corrected chi connectivity index (χ1v) is 6.21. The average molecular weight is 292 g/mol. The summed E-state index contributed by atoms with van der Waals surface area (Å²) in [4.78, 5) is 8.86. The van der Waals surface area contributed by atoms with Crippen LogP contribution in [-0.4, -0.2) is 40.9 Å². The standard InChI is InChI=1S/C10H11F3N4OS/c1-14-9-16-7(5-2-3-19-8(5)17-9)15-4-6(18)10(11,12)13/h2-3,6,18H,4H2,1H3,(H2,14,15,16,17). The Labute approximate surface area is 110 Å². The smallest absolute Gasteiger partial charge is 0.382 e. The molecule has 9 heteroatoms. The van der Waals surface area contributed by atoms with Gasteiger partial charge in [0.1, 0.15) is 10.6 Å². The number of aliphatic hydroxyl groups is 1. The highest BCUT2D eigenvalue weighted by atomic mass is 32.1. The first-order chi connectivity index (χ1) is 8.91. The fraction of sp³-hybridized carbons (Fsp3) is 0.400. The number of anilines is 2. The van der Waals surface area contributed by atoms with Crippen LogP contribution in [0, 0.1) is 0 Å². The van der Waals surface area contributed by atoms with E-state index < -0.39 is 18.8 Å². The van der Waals surface area contributed by atoms with Gasteiger partial charge in [0.15, 0.2) is 6.10 Å². The van der Waals surface area contributed by atoms with Crippen molar-refractivity contribution in [1.82, 2.24) is 9.97 Å². The van der Waals surface area contributed by atoms with Gasteiger partial charge in [-0.05, 0) is 11.4 Å². The SMILES string of the molecule is CNc1nc(NCC(O)C(F)(F)F)c2ccsc2n1. The maximum absolute atomic E-state index is 12.2. The number of aromatic nitrogens is 2. The summed E-state index contributed by atoms with van der Waals surface area (Å²) in [7, 11) is 1.61. The van der Waals surface area contributed by atoms with Gasteiger partial charge in [0, 0.05) is 7.05 Å². The van der Waals surface area contributed by atoms with Crippen molar-refractivity contribution in [1.29, 1.82) is 0 Å². The van der Waals surface area contributed by atoms with Crippen molar-refractivity contribution in [2.45, 2.75) is 12.3 Å². The molecule has 2 heterocycles. The van der Waals surface area contributed by atoms with Crippen LogP contribution in [0.5, 0.6) is 0 Å². The number of nitrogens with one attached hydrogen (secondary N) is 2. The highest BCUT2D eigenvalue weighted by Gasteiger charge is 2.38. The van der Waals surface area contributed by atoms with Gasteiger partial charge < -0.3 is 15.7 Å². The molecule has 1 atom stereocenters. The Hall–Kier alpha value is -1.61. The van der Waals surface area contributed by atoms with Gasteiger partial charge in [0.05, 0.1) is 11.9 Å². The van der Waals surface area contributed by atoms with Gasteiger partial charge in [-0.1, -0.05) is 0 Å². The summed E-state index contributed by atoms with van der Waals surface area (Å²) in [6.45, 7) is -0.658. The Morgan fingerprint density at radius 2 is 2.16 bits per heavy atom. The number of nitrogens with zero attached hydrogens (tertiary/aromatic N) is 2. The molecule has 1 unspecified atom stereocenters. The molecule has 0 aliphatic heterocycles. The number of rotatable bonds is 4. The molecule has 0 aliphatic rings. The highest BCUT2D eigenvalue weighted by molar-refractivity contribution is 7.16. The fourth-order valence-corrected chi connectivity index (χ4v) is 2.17. The molecule has 19 heavy (non-hydrogen) atoms. The molecule has 0 bridgehead atoms. The Kier molecular flexibility index (Phi) is 3.76. The lowest BCUT2D eigenvalue weighted by Gasteiger charge is -2.16. The Balaban J connectivity index is 2.22. The molecule has 0 spiro atoms. The van der Waals surface area contributed by atoms with E-state index in [1.54, 1.807) is 18.5 Å². The minimum Gasteiger partial charge on any atom is -0.382 e. The second-order valence-corrected chi connectivity index (χ2v) is 4.62. The Bertz CT molecular complexity index is 571. The summed E-state index contributed by atoms with van der Waals surface area (Å²) in [5, 5.41) is 16.6. The topological polar surface area (TPSA) is 70.1 Å². The van der Waals surface area contributed by atoms with Gasteiger partial charge in [0.25, 0.3) is 0 Å².